The lowest BCUT2D eigenvalue weighted by Gasteiger charge is -2.26. The Hall–Kier alpha value is -2.62. The maximum Gasteiger partial charge on any atom is 0.408 e. The highest BCUT2D eigenvalue weighted by atomic mass is 32.2. The van der Waals surface area contributed by atoms with Crippen LogP contribution >= 0.6 is 0 Å². The molecule has 9 nitrogen and oxygen atoms in total. The topological polar surface area (TPSA) is 130 Å². The average Bonchev–Trinajstić information content (AvgIpc) is 2.87. The number of benzene rings is 1. The molecule has 2 atom stereocenters. The number of rotatable bonds is 2. The predicted molar refractivity (Wildman–Crippen MR) is 94.3 cm³/mol. The molecule has 1 aromatic carbocycles. The van der Waals surface area contributed by atoms with E-state index in [4.69, 9.17) is 4.74 Å². The number of sulfone groups is 1. The standard InChI is InChI=1S/C17H20N2O7S/c1-17(2,3)26-16(23)18-10-8-27(24,25)12-6-4-5-9-7-11(15(21)22)19(13(9)12)14(10)20/h4-6,10-11H,7-8H2,1-3H3,(H,18,23)(H,21,22)/t10-,11-/m0/s1. The summed E-state index contributed by atoms with van der Waals surface area (Å²) in [6.45, 7) is 4.88. The molecular weight excluding hydrogens is 376 g/mol. The van der Waals surface area contributed by atoms with Crippen LogP contribution in [0.2, 0.25) is 0 Å². The van der Waals surface area contributed by atoms with Gasteiger partial charge in [0.05, 0.1) is 16.3 Å². The van der Waals surface area contributed by atoms with Crippen LogP contribution in [0.25, 0.3) is 0 Å². The summed E-state index contributed by atoms with van der Waals surface area (Å²) in [6, 6.07) is 1.77. The van der Waals surface area contributed by atoms with Crippen molar-refractivity contribution in [2.75, 3.05) is 10.7 Å². The third-order valence-corrected chi connectivity index (χ3v) is 6.05. The molecule has 2 heterocycles. The Morgan fingerprint density at radius 2 is 1.96 bits per heavy atom. The second-order valence-electron chi connectivity index (χ2n) is 7.51. The third kappa shape index (κ3) is 3.48. The quantitative estimate of drug-likeness (QED) is 0.753. The molecule has 10 heteroatoms. The van der Waals surface area contributed by atoms with Gasteiger partial charge in [-0.1, -0.05) is 12.1 Å². The van der Waals surface area contributed by atoms with Gasteiger partial charge < -0.3 is 15.2 Å². The largest absolute Gasteiger partial charge is 0.480 e. The van der Waals surface area contributed by atoms with Crippen molar-refractivity contribution in [3.8, 4) is 0 Å². The highest BCUT2D eigenvalue weighted by Gasteiger charge is 2.48. The minimum Gasteiger partial charge on any atom is -0.480 e. The number of carbonyl (C=O) groups excluding carboxylic acids is 2. The van der Waals surface area contributed by atoms with E-state index in [0.29, 0.717) is 5.56 Å². The van der Waals surface area contributed by atoms with Gasteiger partial charge in [0.1, 0.15) is 17.7 Å². The first kappa shape index (κ1) is 19.2. The number of para-hydroxylation sites is 1. The molecule has 146 valence electrons. The van der Waals surface area contributed by atoms with Crippen LogP contribution in [0.4, 0.5) is 10.5 Å². The van der Waals surface area contributed by atoms with E-state index in [2.05, 4.69) is 5.32 Å². The first-order valence-corrected chi connectivity index (χ1v) is 9.96. The molecule has 2 aliphatic heterocycles. The Morgan fingerprint density at radius 1 is 1.30 bits per heavy atom. The van der Waals surface area contributed by atoms with Gasteiger partial charge in [-0.15, -0.1) is 0 Å². The van der Waals surface area contributed by atoms with Crippen molar-refractivity contribution in [3.63, 3.8) is 0 Å². The Kier molecular flexibility index (Phi) is 4.41. The fourth-order valence-corrected chi connectivity index (χ4v) is 4.93. The SMILES string of the molecule is CC(C)(C)OC(=O)N[C@H]1CS(=O)(=O)c2cccc3c2N(C1=O)[C@H](C(=O)O)C3. The fourth-order valence-electron chi connectivity index (χ4n) is 3.28. The molecule has 2 amide bonds. The lowest BCUT2D eigenvalue weighted by molar-refractivity contribution is -0.140. The lowest BCUT2D eigenvalue weighted by atomic mass is 10.1. The highest BCUT2D eigenvalue weighted by molar-refractivity contribution is 7.91. The molecule has 0 saturated carbocycles. The highest BCUT2D eigenvalue weighted by Crippen LogP contribution is 2.40. The van der Waals surface area contributed by atoms with E-state index in [-0.39, 0.29) is 17.0 Å². The Labute approximate surface area is 156 Å². The van der Waals surface area contributed by atoms with Gasteiger partial charge in [-0.2, -0.15) is 0 Å². The Bertz CT molecular complexity index is 933. The molecule has 0 radical (unpaired) electrons. The van der Waals surface area contributed by atoms with E-state index in [0.717, 1.165) is 4.90 Å². The first-order chi connectivity index (χ1) is 12.4. The minimum absolute atomic E-state index is 0.00107. The van der Waals surface area contributed by atoms with Crippen LogP contribution in [0.15, 0.2) is 23.1 Å². The fraction of sp³-hybridized carbons (Fsp3) is 0.471. The predicted octanol–water partition coefficient (Wildman–Crippen LogP) is 0.709. The summed E-state index contributed by atoms with van der Waals surface area (Å²) in [6.07, 6.45) is -0.952. The second-order valence-corrected chi connectivity index (χ2v) is 9.51. The third-order valence-electron chi connectivity index (χ3n) is 4.28. The average molecular weight is 396 g/mol. The summed E-state index contributed by atoms with van der Waals surface area (Å²) in [5, 5.41) is 11.8. The van der Waals surface area contributed by atoms with Gasteiger partial charge in [-0.25, -0.2) is 18.0 Å². The van der Waals surface area contributed by atoms with E-state index >= 15 is 0 Å². The van der Waals surface area contributed by atoms with Crippen molar-refractivity contribution in [1.29, 1.82) is 0 Å². The molecule has 0 bridgehead atoms. The monoisotopic (exact) mass is 396 g/mol. The number of hydrogen-bond acceptors (Lipinski definition) is 6. The molecule has 3 rings (SSSR count). The van der Waals surface area contributed by atoms with Crippen LogP contribution in [0, 0.1) is 0 Å². The zero-order valence-electron chi connectivity index (χ0n) is 15.1. The summed E-state index contributed by atoms with van der Waals surface area (Å²) < 4.78 is 30.7. The first-order valence-electron chi connectivity index (χ1n) is 8.31. The zero-order valence-corrected chi connectivity index (χ0v) is 15.9. The summed E-state index contributed by atoms with van der Waals surface area (Å²) in [5.41, 5.74) is -0.289. The molecule has 0 aromatic heterocycles. The maximum absolute atomic E-state index is 13.0. The lowest BCUT2D eigenvalue weighted by Crippen LogP contribution is -2.54. The number of hydrogen-bond donors (Lipinski definition) is 2. The van der Waals surface area contributed by atoms with Crippen LogP contribution in [0.3, 0.4) is 0 Å². The molecule has 27 heavy (non-hydrogen) atoms. The van der Waals surface area contributed by atoms with Crippen LogP contribution in [-0.2, 0) is 30.6 Å². The molecule has 0 fully saturated rings. The van der Waals surface area contributed by atoms with Gasteiger partial charge in [0.15, 0.2) is 9.84 Å². The zero-order chi connectivity index (χ0) is 20.1. The molecular formula is C17H20N2O7S. The molecule has 0 spiro atoms. The number of nitrogens with zero attached hydrogens (tertiary/aromatic N) is 1. The summed E-state index contributed by atoms with van der Waals surface area (Å²) in [4.78, 5) is 37.6. The van der Waals surface area contributed by atoms with Crippen LogP contribution < -0.4 is 10.2 Å². The molecule has 0 saturated heterocycles. The summed E-state index contributed by atoms with van der Waals surface area (Å²) in [5.74, 6) is -2.72. The number of anilines is 1. The van der Waals surface area contributed by atoms with Crippen molar-refractivity contribution < 1.29 is 32.6 Å². The van der Waals surface area contributed by atoms with Crippen LogP contribution in [0.5, 0.6) is 0 Å². The number of aliphatic carboxylic acids is 1. The van der Waals surface area contributed by atoms with Crippen molar-refractivity contribution in [2.24, 2.45) is 0 Å². The number of carboxylic acids is 1. The number of alkyl carbamates (subject to hydrolysis) is 1. The van der Waals surface area contributed by atoms with Gasteiger partial charge in [0.25, 0.3) is 5.91 Å². The van der Waals surface area contributed by atoms with E-state index in [1.807, 2.05) is 0 Å². The summed E-state index contributed by atoms with van der Waals surface area (Å²) in [7, 11) is -3.94. The molecule has 0 unspecified atom stereocenters. The molecule has 1 aromatic rings. The van der Waals surface area contributed by atoms with Gasteiger partial charge in [-0.05, 0) is 32.4 Å². The van der Waals surface area contributed by atoms with Crippen molar-refractivity contribution in [1.82, 2.24) is 5.32 Å². The van der Waals surface area contributed by atoms with Gasteiger partial charge >= 0.3 is 12.1 Å². The minimum atomic E-state index is -3.94. The smallest absolute Gasteiger partial charge is 0.408 e. The molecule has 0 aliphatic carbocycles. The second kappa shape index (κ2) is 6.22. The maximum atomic E-state index is 13.0. The van der Waals surface area contributed by atoms with Gasteiger partial charge in [0.2, 0.25) is 0 Å². The number of nitrogens with one attached hydrogen (secondary N) is 1. The van der Waals surface area contributed by atoms with Crippen LogP contribution in [0.1, 0.15) is 26.3 Å². The van der Waals surface area contributed by atoms with Crippen LogP contribution in [-0.4, -0.2) is 54.9 Å². The number of carboxylic acid groups (broad SMARTS) is 1. The summed E-state index contributed by atoms with van der Waals surface area (Å²) >= 11 is 0. The Morgan fingerprint density at radius 3 is 2.56 bits per heavy atom. The van der Waals surface area contributed by atoms with E-state index < -0.39 is 51.2 Å². The Balaban J connectivity index is 2.04. The van der Waals surface area contributed by atoms with E-state index in [9.17, 15) is 27.9 Å². The van der Waals surface area contributed by atoms with Crippen molar-refractivity contribution >= 4 is 33.5 Å². The van der Waals surface area contributed by atoms with Crippen molar-refractivity contribution in [2.45, 2.75) is 49.8 Å². The molecule has 2 aliphatic rings. The normalized spacial score (nSPS) is 23.4. The van der Waals surface area contributed by atoms with E-state index in [1.165, 1.54) is 12.1 Å². The van der Waals surface area contributed by atoms with Gasteiger partial charge in [-0.3, -0.25) is 9.69 Å². The number of ether oxygens (including phenoxy) is 1. The van der Waals surface area contributed by atoms with Crippen molar-refractivity contribution in [3.05, 3.63) is 23.8 Å². The van der Waals surface area contributed by atoms with E-state index in [1.54, 1.807) is 26.8 Å². The number of carbonyl (C=O) groups is 3. The van der Waals surface area contributed by atoms with Gasteiger partial charge in [0, 0.05) is 6.42 Å². The molecule has 2 N–H and O–H groups in total. The number of amides is 2.